The minimum Gasteiger partial charge on any atom is -0.486 e. The largest absolute Gasteiger partial charge is 0.486 e. The van der Waals surface area contributed by atoms with Crippen molar-refractivity contribution in [3.63, 3.8) is 0 Å². The van der Waals surface area contributed by atoms with E-state index in [1.54, 1.807) is 24.5 Å². The Bertz CT molecular complexity index is 1110. The van der Waals surface area contributed by atoms with Crippen LogP contribution in [0, 0.1) is 0 Å². The molecular weight excluding hydrogens is 356 g/mol. The second-order valence-electron chi connectivity index (χ2n) is 6.29. The van der Waals surface area contributed by atoms with Gasteiger partial charge in [0.05, 0.1) is 11.1 Å². The van der Waals surface area contributed by atoms with E-state index in [-0.39, 0.29) is 4.90 Å². The number of aromatic nitrogens is 3. The minimum absolute atomic E-state index is 0.211. The topological polar surface area (TPSA) is 97.4 Å². The van der Waals surface area contributed by atoms with Gasteiger partial charge in [0.25, 0.3) is 0 Å². The van der Waals surface area contributed by atoms with Crippen LogP contribution in [0.25, 0.3) is 11.0 Å². The molecule has 3 aromatic rings. The Morgan fingerprint density at radius 2 is 1.96 bits per heavy atom. The second-order valence-corrected chi connectivity index (χ2v) is 8.23. The Morgan fingerprint density at radius 3 is 2.85 bits per heavy atom. The zero-order chi connectivity index (χ0) is 17.7. The molecular formula is C17H16N4O4S. The fourth-order valence-electron chi connectivity index (χ4n) is 3.47. The summed E-state index contributed by atoms with van der Waals surface area (Å²) in [5.41, 5.74) is 2.75. The van der Waals surface area contributed by atoms with E-state index in [4.69, 9.17) is 9.47 Å². The van der Waals surface area contributed by atoms with Crippen molar-refractivity contribution >= 4 is 21.1 Å². The Hall–Kier alpha value is -2.65. The van der Waals surface area contributed by atoms with Crippen molar-refractivity contribution in [1.29, 1.82) is 0 Å². The standard InChI is InChI=1S/C17H16N4O4S/c22-26(23,12-1-2-15-16(7-12)25-6-5-24-15)21-4-3-13-11(10-21)8-18-17-14(13)9-19-20-17/h1-2,7-9H,3-6,10H2,(H,18,19,20). The van der Waals surface area contributed by atoms with Crippen LogP contribution in [0.2, 0.25) is 0 Å². The Kier molecular flexibility index (Phi) is 3.41. The van der Waals surface area contributed by atoms with Crippen LogP contribution in [0.4, 0.5) is 0 Å². The maximum absolute atomic E-state index is 13.1. The highest BCUT2D eigenvalue weighted by molar-refractivity contribution is 7.89. The van der Waals surface area contributed by atoms with Gasteiger partial charge in [0, 0.05) is 30.7 Å². The fourth-order valence-corrected chi connectivity index (χ4v) is 4.90. The average molecular weight is 372 g/mol. The molecule has 5 rings (SSSR count). The van der Waals surface area contributed by atoms with Crippen molar-refractivity contribution in [2.45, 2.75) is 17.9 Å². The van der Waals surface area contributed by atoms with Crippen molar-refractivity contribution in [2.75, 3.05) is 19.8 Å². The number of pyridine rings is 1. The van der Waals surface area contributed by atoms with Crippen molar-refractivity contribution in [3.8, 4) is 11.5 Å². The maximum Gasteiger partial charge on any atom is 0.243 e. The van der Waals surface area contributed by atoms with Gasteiger partial charge in [-0.1, -0.05) is 0 Å². The van der Waals surface area contributed by atoms with Gasteiger partial charge in [0.1, 0.15) is 13.2 Å². The lowest BCUT2D eigenvalue weighted by atomic mass is 10.0. The number of ether oxygens (including phenoxy) is 2. The van der Waals surface area contributed by atoms with E-state index in [1.165, 1.54) is 10.4 Å². The maximum atomic E-state index is 13.1. The first-order valence-corrected chi connectivity index (χ1v) is 9.76. The lowest BCUT2D eigenvalue weighted by molar-refractivity contribution is 0.171. The van der Waals surface area contributed by atoms with Crippen molar-refractivity contribution in [1.82, 2.24) is 19.5 Å². The van der Waals surface area contributed by atoms with Crippen LogP contribution >= 0.6 is 0 Å². The summed E-state index contributed by atoms with van der Waals surface area (Å²) < 4.78 is 38.6. The lowest BCUT2D eigenvalue weighted by Crippen LogP contribution is -2.36. The molecule has 26 heavy (non-hydrogen) atoms. The molecule has 0 fully saturated rings. The van der Waals surface area contributed by atoms with Crippen LogP contribution in [-0.4, -0.2) is 47.7 Å². The molecule has 2 aliphatic rings. The summed E-state index contributed by atoms with van der Waals surface area (Å²) in [6.45, 7) is 1.59. The molecule has 1 N–H and O–H groups in total. The highest BCUT2D eigenvalue weighted by Gasteiger charge is 2.30. The van der Waals surface area contributed by atoms with Crippen LogP contribution in [0.1, 0.15) is 11.1 Å². The van der Waals surface area contributed by atoms with Crippen LogP contribution in [0.3, 0.4) is 0 Å². The van der Waals surface area contributed by atoms with Crippen LogP contribution in [0.5, 0.6) is 11.5 Å². The number of sulfonamides is 1. The summed E-state index contributed by atoms with van der Waals surface area (Å²) in [7, 11) is -3.63. The fraction of sp³-hybridized carbons (Fsp3) is 0.294. The number of hydrogen-bond donors (Lipinski definition) is 1. The summed E-state index contributed by atoms with van der Waals surface area (Å²) in [5.74, 6) is 1.04. The zero-order valence-corrected chi connectivity index (χ0v) is 14.6. The van der Waals surface area contributed by atoms with E-state index in [2.05, 4.69) is 15.2 Å². The van der Waals surface area contributed by atoms with E-state index in [1.807, 2.05) is 0 Å². The summed E-state index contributed by atoms with van der Waals surface area (Å²) in [6, 6.07) is 4.75. The highest BCUT2D eigenvalue weighted by atomic mass is 32.2. The Morgan fingerprint density at radius 1 is 1.12 bits per heavy atom. The van der Waals surface area contributed by atoms with Gasteiger partial charge in [-0.25, -0.2) is 13.4 Å². The predicted molar refractivity (Wildman–Crippen MR) is 92.6 cm³/mol. The number of nitrogens with zero attached hydrogens (tertiary/aromatic N) is 3. The molecule has 0 amide bonds. The molecule has 9 heteroatoms. The molecule has 0 spiro atoms. The predicted octanol–water partition coefficient (Wildman–Crippen LogP) is 1.48. The van der Waals surface area contributed by atoms with Crippen molar-refractivity contribution < 1.29 is 17.9 Å². The monoisotopic (exact) mass is 372 g/mol. The minimum atomic E-state index is -3.63. The number of rotatable bonds is 2. The summed E-state index contributed by atoms with van der Waals surface area (Å²) >= 11 is 0. The third kappa shape index (κ3) is 2.35. The molecule has 8 nitrogen and oxygen atoms in total. The van der Waals surface area contributed by atoms with Crippen LogP contribution in [-0.2, 0) is 23.0 Å². The number of aromatic amines is 1. The summed E-state index contributed by atoms with van der Waals surface area (Å²) in [5, 5.41) is 7.83. The molecule has 0 radical (unpaired) electrons. The molecule has 0 bridgehead atoms. The first-order valence-electron chi connectivity index (χ1n) is 8.32. The third-order valence-electron chi connectivity index (χ3n) is 4.79. The van der Waals surface area contributed by atoms with E-state index in [9.17, 15) is 8.42 Å². The smallest absolute Gasteiger partial charge is 0.243 e. The quantitative estimate of drug-likeness (QED) is 0.732. The number of fused-ring (bicyclic) bond motifs is 4. The van der Waals surface area contributed by atoms with Gasteiger partial charge in [-0.05, 0) is 29.7 Å². The Balaban J connectivity index is 1.49. The number of nitrogens with one attached hydrogen (secondary N) is 1. The molecule has 2 aromatic heterocycles. The van der Waals surface area contributed by atoms with Gasteiger partial charge in [-0.2, -0.15) is 9.40 Å². The third-order valence-corrected chi connectivity index (χ3v) is 6.63. The number of H-pyrrole nitrogens is 1. The van der Waals surface area contributed by atoms with Crippen LogP contribution < -0.4 is 9.47 Å². The van der Waals surface area contributed by atoms with Crippen molar-refractivity contribution in [2.24, 2.45) is 0 Å². The van der Waals surface area contributed by atoms with Crippen molar-refractivity contribution in [3.05, 3.63) is 41.7 Å². The summed E-state index contributed by atoms with van der Waals surface area (Å²) in [6.07, 6.45) is 4.09. The summed E-state index contributed by atoms with van der Waals surface area (Å²) in [4.78, 5) is 4.54. The first-order chi connectivity index (χ1) is 12.6. The van der Waals surface area contributed by atoms with Gasteiger partial charge in [-0.3, -0.25) is 5.10 Å². The van der Waals surface area contributed by atoms with Gasteiger partial charge in [0.15, 0.2) is 17.1 Å². The van der Waals surface area contributed by atoms with Gasteiger partial charge in [0.2, 0.25) is 10.0 Å². The average Bonchev–Trinajstić information content (AvgIpc) is 3.16. The van der Waals surface area contributed by atoms with Crippen LogP contribution in [0.15, 0.2) is 35.5 Å². The van der Waals surface area contributed by atoms with E-state index >= 15 is 0 Å². The highest BCUT2D eigenvalue weighted by Crippen LogP contribution is 2.34. The first kappa shape index (κ1) is 15.6. The molecule has 0 saturated heterocycles. The number of benzene rings is 1. The zero-order valence-electron chi connectivity index (χ0n) is 13.8. The molecule has 4 heterocycles. The van der Waals surface area contributed by atoms with Gasteiger partial charge >= 0.3 is 0 Å². The van der Waals surface area contributed by atoms with Gasteiger partial charge < -0.3 is 9.47 Å². The molecule has 134 valence electrons. The molecule has 1 aromatic carbocycles. The second kappa shape index (κ2) is 5.68. The molecule has 2 aliphatic heterocycles. The van der Waals surface area contributed by atoms with Gasteiger partial charge in [-0.15, -0.1) is 0 Å². The lowest BCUT2D eigenvalue weighted by Gasteiger charge is -2.28. The normalized spacial score (nSPS) is 17.2. The molecule has 0 saturated carbocycles. The van der Waals surface area contributed by atoms with E-state index < -0.39 is 10.0 Å². The Labute approximate surface area is 149 Å². The number of hydrogen-bond acceptors (Lipinski definition) is 6. The molecule has 0 aliphatic carbocycles. The van der Waals surface area contributed by atoms with E-state index in [0.717, 1.165) is 22.2 Å². The molecule has 0 atom stereocenters. The van der Waals surface area contributed by atoms with E-state index in [0.29, 0.717) is 44.2 Å². The molecule has 0 unspecified atom stereocenters. The SMILES string of the molecule is O=S(=O)(c1ccc2c(c1)OCCO2)N1CCc2c(cnc3[nH]ncc23)C1.